The van der Waals surface area contributed by atoms with Gasteiger partial charge in [0.1, 0.15) is 6.04 Å². The van der Waals surface area contributed by atoms with Crippen molar-refractivity contribution in [2.75, 3.05) is 11.9 Å². The van der Waals surface area contributed by atoms with Crippen molar-refractivity contribution in [3.8, 4) is 0 Å². The number of amides is 1. The van der Waals surface area contributed by atoms with Crippen LogP contribution in [0.25, 0.3) is 0 Å². The molecule has 0 aromatic heterocycles. The van der Waals surface area contributed by atoms with Crippen molar-refractivity contribution >= 4 is 29.1 Å². The van der Waals surface area contributed by atoms with Crippen LogP contribution in [-0.2, 0) is 9.59 Å². The van der Waals surface area contributed by atoms with Gasteiger partial charge in [-0.25, -0.2) is 0 Å². The zero-order chi connectivity index (χ0) is 18.8. The molecule has 7 nitrogen and oxygen atoms in total. The van der Waals surface area contributed by atoms with E-state index >= 15 is 0 Å². The number of carboxylic acids is 1. The minimum absolute atomic E-state index is 0.149. The van der Waals surface area contributed by atoms with E-state index < -0.39 is 17.9 Å². The van der Waals surface area contributed by atoms with Gasteiger partial charge >= 0.3 is 5.97 Å². The minimum Gasteiger partial charge on any atom is -0.480 e. The average Bonchev–Trinajstić information content (AvgIpc) is 2.64. The number of anilines is 1. The molecule has 0 aliphatic heterocycles. The first-order valence-corrected chi connectivity index (χ1v) is 7.97. The van der Waals surface area contributed by atoms with Gasteiger partial charge < -0.3 is 10.4 Å². The van der Waals surface area contributed by atoms with Gasteiger partial charge in [0.25, 0.3) is 0 Å². The highest BCUT2D eigenvalue weighted by Gasteiger charge is 2.31. The van der Waals surface area contributed by atoms with Gasteiger partial charge in [-0.2, -0.15) is 0 Å². The van der Waals surface area contributed by atoms with Crippen molar-refractivity contribution in [2.45, 2.75) is 13.0 Å². The molecular formula is C19H16N2O5. The molecule has 26 heavy (non-hydrogen) atoms. The standard InChI is InChI=1S/C19H16N2O5/c1-10(19(25)26)20-9-15(22)21-14-8-4-7-13-16(14)18(24)12-6-3-2-5-11(12)17(13)23/h2-8,10,20H,9H2,1H3,(H,21,22)(H,25,26). The van der Waals surface area contributed by atoms with Gasteiger partial charge in [-0.3, -0.25) is 24.5 Å². The van der Waals surface area contributed by atoms with Crippen LogP contribution in [0.4, 0.5) is 5.69 Å². The summed E-state index contributed by atoms with van der Waals surface area (Å²) in [4.78, 5) is 48.3. The number of carbonyl (C=O) groups is 4. The normalized spacial score (nSPS) is 13.6. The van der Waals surface area contributed by atoms with Crippen LogP contribution in [-0.4, -0.2) is 41.1 Å². The maximum absolute atomic E-state index is 12.8. The molecule has 1 aliphatic rings. The van der Waals surface area contributed by atoms with E-state index in [-0.39, 0.29) is 34.9 Å². The number of carbonyl (C=O) groups excluding carboxylic acids is 3. The lowest BCUT2D eigenvalue weighted by Crippen LogP contribution is -2.39. The second kappa shape index (κ2) is 6.89. The number of nitrogens with one attached hydrogen (secondary N) is 2. The Morgan fingerprint density at radius 3 is 2.23 bits per heavy atom. The summed E-state index contributed by atoms with van der Waals surface area (Å²) in [6, 6.07) is 10.3. The first-order chi connectivity index (χ1) is 12.4. The van der Waals surface area contributed by atoms with Gasteiger partial charge in [-0.05, 0) is 13.0 Å². The van der Waals surface area contributed by atoms with E-state index in [1.54, 1.807) is 36.4 Å². The van der Waals surface area contributed by atoms with Crippen molar-refractivity contribution in [2.24, 2.45) is 0 Å². The summed E-state index contributed by atoms with van der Waals surface area (Å²) in [6.07, 6.45) is 0. The van der Waals surface area contributed by atoms with E-state index in [1.807, 2.05) is 0 Å². The molecule has 0 saturated heterocycles. The lowest BCUT2D eigenvalue weighted by atomic mass is 9.83. The summed E-state index contributed by atoms with van der Waals surface area (Å²) in [5, 5.41) is 14.0. The molecule has 0 spiro atoms. The van der Waals surface area contributed by atoms with Crippen molar-refractivity contribution in [1.82, 2.24) is 5.32 Å². The number of hydrogen-bond acceptors (Lipinski definition) is 5. The monoisotopic (exact) mass is 352 g/mol. The molecule has 3 rings (SSSR count). The molecule has 1 unspecified atom stereocenters. The van der Waals surface area contributed by atoms with Crippen molar-refractivity contribution in [3.63, 3.8) is 0 Å². The smallest absolute Gasteiger partial charge is 0.320 e. The Balaban J connectivity index is 1.88. The van der Waals surface area contributed by atoms with Crippen LogP contribution in [0.3, 0.4) is 0 Å². The summed E-state index contributed by atoms with van der Waals surface area (Å²) in [6.45, 7) is 1.18. The maximum atomic E-state index is 12.8. The number of fused-ring (bicyclic) bond motifs is 2. The Morgan fingerprint density at radius 1 is 0.962 bits per heavy atom. The Hall–Kier alpha value is -3.32. The number of aliphatic carboxylic acids is 1. The van der Waals surface area contributed by atoms with Crippen LogP contribution in [0.15, 0.2) is 42.5 Å². The molecule has 0 bridgehead atoms. The molecule has 1 atom stereocenters. The summed E-state index contributed by atoms with van der Waals surface area (Å²) in [7, 11) is 0. The molecular weight excluding hydrogens is 336 g/mol. The Kier molecular flexibility index (Phi) is 4.64. The van der Waals surface area contributed by atoms with Crippen LogP contribution < -0.4 is 10.6 Å². The maximum Gasteiger partial charge on any atom is 0.320 e. The third-order valence-corrected chi connectivity index (χ3v) is 4.17. The predicted octanol–water partition coefficient (Wildman–Crippen LogP) is 1.46. The van der Waals surface area contributed by atoms with Gasteiger partial charge in [0, 0.05) is 16.7 Å². The van der Waals surface area contributed by atoms with E-state index in [0.29, 0.717) is 11.1 Å². The fraction of sp³-hybridized carbons (Fsp3) is 0.158. The second-order valence-electron chi connectivity index (χ2n) is 5.92. The summed E-state index contributed by atoms with van der Waals surface area (Å²) >= 11 is 0. The average molecular weight is 352 g/mol. The third-order valence-electron chi connectivity index (χ3n) is 4.17. The molecule has 2 aromatic carbocycles. The summed E-state index contributed by atoms with van der Waals surface area (Å²) in [5.74, 6) is -2.19. The van der Waals surface area contributed by atoms with Gasteiger partial charge in [-0.15, -0.1) is 0 Å². The first-order valence-electron chi connectivity index (χ1n) is 7.97. The van der Waals surface area contributed by atoms with Gasteiger partial charge in [-0.1, -0.05) is 36.4 Å². The molecule has 1 amide bonds. The number of benzene rings is 2. The number of carboxylic acid groups (broad SMARTS) is 1. The SMILES string of the molecule is CC(NCC(=O)Nc1cccc2c1C(=O)c1ccccc1C2=O)C(=O)O. The van der Waals surface area contributed by atoms with E-state index in [9.17, 15) is 19.2 Å². The molecule has 2 aromatic rings. The zero-order valence-corrected chi connectivity index (χ0v) is 13.9. The van der Waals surface area contributed by atoms with E-state index in [1.165, 1.54) is 13.0 Å². The second-order valence-corrected chi connectivity index (χ2v) is 5.92. The highest BCUT2D eigenvalue weighted by Crippen LogP contribution is 2.31. The predicted molar refractivity (Wildman–Crippen MR) is 93.5 cm³/mol. The van der Waals surface area contributed by atoms with Crippen molar-refractivity contribution < 1.29 is 24.3 Å². The lowest BCUT2D eigenvalue weighted by molar-refractivity contribution is -0.139. The molecule has 0 heterocycles. The van der Waals surface area contributed by atoms with Gasteiger partial charge in [0.05, 0.1) is 17.8 Å². The van der Waals surface area contributed by atoms with Crippen LogP contribution in [0.5, 0.6) is 0 Å². The Bertz CT molecular complexity index is 935. The van der Waals surface area contributed by atoms with E-state index in [0.717, 1.165) is 0 Å². The topological polar surface area (TPSA) is 113 Å². The number of rotatable bonds is 5. The molecule has 0 saturated carbocycles. The van der Waals surface area contributed by atoms with Crippen molar-refractivity contribution in [3.05, 3.63) is 64.7 Å². The third kappa shape index (κ3) is 3.12. The quantitative estimate of drug-likeness (QED) is 0.641. The molecule has 3 N–H and O–H groups in total. The fourth-order valence-corrected chi connectivity index (χ4v) is 2.78. The minimum atomic E-state index is -1.08. The van der Waals surface area contributed by atoms with E-state index in [2.05, 4.69) is 10.6 Å². The van der Waals surface area contributed by atoms with Crippen LogP contribution >= 0.6 is 0 Å². The Morgan fingerprint density at radius 2 is 1.58 bits per heavy atom. The highest BCUT2D eigenvalue weighted by molar-refractivity contribution is 6.30. The summed E-state index contributed by atoms with van der Waals surface area (Å²) < 4.78 is 0. The molecule has 7 heteroatoms. The van der Waals surface area contributed by atoms with Crippen LogP contribution in [0.1, 0.15) is 38.8 Å². The summed E-state index contributed by atoms with van der Waals surface area (Å²) in [5.41, 5.74) is 1.24. The van der Waals surface area contributed by atoms with Gasteiger partial charge in [0.15, 0.2) is 11.6 Å². The molecule has 0 fully saturated rings. The van der Waals surface area contributed by atoms with Crippen LogP contribution in [0, 0.1) is 0 Å². The fourth-order valence-electron chi connectivity index (χ4n) is 2.78. The first kappa shape index (κ1) is 17.5. The zero-order valence-electron chi connectivity index (χ0n) is 13.9. The van der Waals surface area contributed by atoms with E-state index in [4.69, 9.17) is 5.11 Å². The number of ketones is 2. The lowest BCUT2D eigenvalue weighted by Gasteiger charge is -2.20. The molecule has 132 valence electrons. The number of hydrogen-bond donors (Lipinski definition) is 3. The van der Waals surface area contributed by atoms with Gasteiger partial charge in [0.2, 0.25) is 5.91 Å². The molecule has 0 radical (unpaired) electrons. The largest absolute Gasteiger partial charge is 0.480 e. The molecule has 1 aliphatic carbocycles. The highest BCUT2D eigenvalue weighted by atomic mass is 16.4. The van der Waals surface area contributed by atoms with Crippen molar-refractivity contribution in [1.29, 1.82) is 0 Å². The van der Waals surface area contributed by atoms with Crippen LogP contribution in [0.2, 0.25) is 0 Å². The Labute approximate surface area is 149 Å².